The van der Waals surface area contributed by atoms with E-state index in [2.05, 4.69) is 41.0 Å². The fourth-order valence-corrected chi connectivity index (χ4v) is 4.90. The summed E-state index contributed by atoms with van der Waals surface area (Å²) < 4.78 is 1.14. The van der Waals surface area contributed by atoms with E-state index in [1.165, 1.54) is 11.1 Å². The highest BCUT2D eigenvalue weighted by atomic mass is 35.5. The van der Waals surface area contributed by atoms with Crippen molar-refractivity contribution in [3.63, 3.8) is 0 Å². The van der Waals surface area contributed by atoms with Crippen LogP contribution in [0.25, 0.3) is 10.2 Å². The summed E-state index contributed by atoms with van der Waals surface area (Å²) in [6, 6.07) is 14.6. The molecule has 0 saturated carbocycles. The van der Waals surface area contributed by atoms with Gasteiger partial charge in [-0.2, -0.15) is 5.26 Å². The number of halogens is 1. The predicted molar refractivity (Wildman–Crippen MR) is 113 cm³/mol. The van der Waals surface area contributed by atoms with Gasteiger partial charge >= 0.3 is 0 Å². The highest BCUT2D eigenvalue weighted by Gasteiger charge is 2.20. The molecule has 138 valence electrons. The predicted octanol–water partition coefficient (Wildman–Crippen LogP) is 4.65. The summed E-state index contributed by atoms with van der Waals surface area (Å²) in [4.78, 5) is 9.61. The third kappa shape index (κ3) is 4.24. The minimum absolute atomic E-state index is 0.476. The average molecular weight is 397 g/mol. The number of nitrogens with zero attached hydrogens (tertiary/aromatic N) is 4. The first-order chi connectivity index (χ1) is 13.1. The van der Waals surface area contributed by atoms with Gasteiger partial charge in [0, 0.05) is 37.7 Å². The number of aromatic nitrogens is 1. The van der Waals surface area contributed by atoms with Gasteiger partial charge in [-0.25, -0.2) is 4.98 Å². The number of anilines is 1. The van der Waals surface area contributed by atoms with E-state index in [4.69, 9.17) is 21.8 Å². The molecule has 0 atom stereocenters. The largest absolute Gasteiger partial charge is 0.345 e. The van der Waals surface area contributed by atoms with Crippen LogP contribution in [-0.4, -0.2) is 36.1 Å². The molecule has 0 unspecified atom stereocenters. The van der Waals surface area contributed by atoms with E-state index >= 15 is 0 Å². The van der Waals surface area contributed by atoms with E-state index in [0.29, 0.717) is 6.42 Å². The van der Waals surface area contributed by atoms with Crippen LogP contribution in [0.2, 0.25) is 5.02 Å². The van der Waals surface area contributed by atoms with E-state index in [0.717, 1.165) is 58.7 Å². The molecule has 2 aromatic carbocycles. The maximum absolute atomic E-state index is 8.95. The van der Waals surface area contributed by atoms with Crippen LogP contribution >= 0.6 is 22.9 Å². The van der Waals surface area contributed by atoms with Crippen LogP contribution in [0, 0.1) is 18.3 Å². The minimum atomic E-state index is 0.476. The zero-order valence-corrected chi connectivity index (χ0v) is 16.9. The molecule has 0 radical (unpaired) electrons. The second-order valence-electron chi connectivity index (χ2n) is 7.03. The molecule has 6 heteroatoms. The summed E-state index contributed by atoms with van der Waals surface area (Å²) in [5.41, 5.74) is 4.65. The SMILES string of the molecule is Cc1cc(CC#N)cc(CN2CCN(c3nc4ccc(Cl)cc4s3)CC2)c1. The van der Waals surface area contributed by atoms with Crippen LogP contribution in [0.15, 0.2) is 36.4 Å². The van der Waals surface area contributed by atoms with Crippen molar-refractivity contribution in [2.45, 2.75) is 19.9 Å². The number of piperazine rings is 1. The van der Waals surface area contributed by atoms with Crippen molar-refractivity contribution >= 4 is 38.3 Å². The van der Waals surface area contributed by atoms with E-state index in [1.54, 1.807) is 11.3 Å². The molecule has 0 aliphatic carbocycles. The first-order valence-corrected chi connectivity index (χ1v) is 10.3. The summed E-state index contributed by atoms with van der Waals surface area (Å²) in [6.45, 7) is 7.01. The second-order valence-corrected chi connectivity index (χ2v) is 8.48. The van der Waals surface area contributed by atoms with Crippen LogP contribution < -0.4 is 4.90 Å². The smallest absolute Gasteiger partial charge is 0.186 e. The Labute approximate surface area is 168 Å². The highest BCUT2D eigenvalue weighted by molar-refractivity contribution is 7.22. The fraction of sp³-hybridized carbons (Fsp3) is 0.333. The summed E-state index contributed by atoms with van der Waals surface area (Å²) in [6.07, 6.45) is 0.476. The van der Waals surface area contributed by atoms with Gasteiger partial charge in [-0.1, -0.05) is 46.7 Å². The Morgan fingerprint density at radius 2 is 1.89 bits per heavy atom. The lowest BCUT2D eigenvalue weighted by atomic mass is 10.0. The molecule has 0 spiro atoms. The minimum Gasteiger partial charge on any atom is -0.345 e. The third-order valence-electron chi connectivity index (χ3n) is 4.87. The van der Waals surface area contributed by atoms with Crippen molar-refractivity contribution in [3.8, 4) is 6.07 Å². The van der Waals surface area contributed by atoms with Crippen molar-refractivity contribution in [2.24, 2.45) is 0 Å². The number of nitriles is 1. The summed E-state index contributed by atoms with van der Waals surface area (Å²) in [5, 5.41) is 10.8. The molecule has 1 aliphatic rings. The Hall–Kier alpha value is -2.13. The monoisotopic (exact) mass is 396 g/mol. The number of thiazole rings is 1. The van der Waals surface area contributed by atoms with E-state index in [1.807, 2.05) is 18.2 Å². The zero-order valence-electron chi connectivity index (χ0n) is 15.3. The molecular formula is C21H21ClN4S. The number of benzene rings is 2. The maximum Gasteiger partial charge on any atom is 0.186 e. The maximum atomic E-state index is 8.95. The van der Waals surface area contributed by atoms with Crippen molar-refractivity contribution < 1.29 is 0 Å². The summed E-state index contributed by atoms with van der Waals surface area (Å²) in [7, 11) is 0. The van der Waals surface area contributed by atoms with Gasteiger partial charge in [0.05, 0.1) is 22.7 Å². The number of rotatable bonds is 4. The first kappa shape index (κ1) is 18.2. The van der Waals surface area contributed by atoms with Gasteiger partial charge in [0.15, 0.2) is 5.13 Å². The first-order valence-electron chi connectivity index (χ1n) is 9.10. The second kappa shape index (κ2) is 7.85. The molecule has 1 aromatic heterocycles. The highest BCUT2D eigenvalue weighted by Crippen LogP contribution is 2.31. The number of aryl methyl sites for hydroxylation is 1. The molecule has 1 saturated heterocycles. The van der Waals surface area contributed by atoms with Crippen molar-refractivity contribution in [3.05, 3.63) is 58.1 Å². The lowest BCUT2D eigenvalue weighted by molar-refractivity contribution is 0.250. The Kier molecular flexibility index (Phi) is 5.31. The van der Waals surface area contributed by atoms with E-state index in [9.17, 15) is 0 Å². The molecule has 3 aromatic rings. The van der Waals surface area contributed by atoms with Gasteiger partial charge < -0.3 is 4.90 Å². The molecule has 27 heavy (non-hydrogen) atoms. The van der Waals surface area contributed by atoms with Gasteiger partial charge in [0.2, 0.25) is 0 Å². The molecule has 4 nitrogen and oxygen atoms in total. The Bertz CT molecular complexity index is 999. The van der Waals surface area contributed by atoms with Crippen molar-refractivity contribution in [2.75, 3.05) is 31.1 Å². The summed E-state index contributed by atoms with van der Waals surface area (Å²) >= 11 is 7.81. The van der Waals surface area contributed by atoms with Crippen LogP contribution in [0.4, 0.5) is 5.13 Å². The zero-order chi connectivity index (χ0) is 18.8. The molecule has 1 fully saturated rings. The van der Waals surface area contributed by atoms with Crippen LogP contribution in [0.1, 0.15) is 16.7 Å². The quantitative estimate of drug-likeness (QED) is 0.644. The Balaban J connectivity index is 1.40. The Morgan fingerprint density at radius 1 is 1.11 bits per heavy atom. The Morgan fingerprint density at radius 3 is 2.67 bits per heavy atom. The molecule has 0 N–H and O–H groups in total. The van der Waals surface area contributed by atoms with Gasteiger partial charge in [0.25, 0.3) is 0 Å². The van der Waals surface area contributed by atoms with E-state index < -0.39 is 0 Å². The molecule has 0 bridgehead atoms. The van der Waals surface area contributed by atoms with Crippen LogP contribution in [0.3, 0.4) is 0 Å². The number of hydrogen-bond donors (Lipinski definition) is 0. The van der Waals surface area contributed by atoms with Crippen LogP contribution in [-0.2, 0) is 13.0 Å². The number of fused-ring (bicyclic) bond motifs is 1. The van der Waals surface area contributed by atoms with Gasteiger partial charge in [0.1, 0.15) is 0 Å². The third-order valence-corrected chi connectivity index (χ3v) is 6.18. The topological polar surface area (TPSA) is 43.2 Å². The molecular weight excluding hydrogens is 376 g/mol. The molecule has 2 heterocycles. The van der Waals surface area contributed by atoms with Gasteiger partial charge in [-0.15, -0.1) is 0 Å². The standard InChI is InChI=1S/C21H21ClN4S/c1-15-10-16(4-5-23)12-17(11-15)14-25-6-8-26(9-7-25)21-24-19-3-2-18(22)13-20(19)27-21/h2-3,10-13H,4,6-9,14H2,1H3. The number of hydrogen-bond acceptors (Lipinski definition) is 5. The van der Waals surface area contributed by atoms with Crippen molar-refractivity contribution in [1.82, 2.24) is 9.88 Å². The average Bonchev–Trinajstić information content (AvgIpc) is 3.05. The summed E-state index contributed by atoms with van der Waals surface area (Å²) in [5.74, 6) is 0. The lowest BCUT2D eigenvalue weighted by Crippen LogP contribution is -2.45. The molecule has 0 amide bonds. The lowest BCUT2D eigenvalue weighted by Gasteiger charge is -2.34. The van der Waals surface area contributed by atoms with Gasteiger partial charge in [-0.3, -0.25) is 4.90 Å². The van der Waals surface area contributed by atoms with Crippen molar-refractivity contribution in [1.29, 1.82) is 5.26 Å². The van der Waals surface area contributed by atoms with E-state index in [-0.39, 0.29) is 0 Å². The van der Waals surface area contributed by atoms with Crippen LogP contribution in [0.5, 0.6) is 0 Å². The van der Waals surface area contributed by atoms with Gasteiger partial charge in [-0.05, 0) is 36.2 Å². The molecule has 1 aliphatic heterocycles. The normalized spacial score (nSPS) is 15.2. The fourth-order valence-electron chi connectivity index (χ4n) is 3.61. The molecule has 4 rings (SSSR count).